The fourth-order valence-electron chi connectivity index (χ4n) is 1.46. The largest absolute Gasteiger partial charge is 0.298 e. The van der Waals surface area contributed by atoms with Gasteiger partial charge in [-0.3, -0.25) is 4.79 Å². The van der Waals surface area contributed by atoms with E-state index in [1.54, 1.807) is 0 Å². The Bertz CT molecular complexity index is 148. The van der Waals surface area contributed by atoms with Gasteiger partial charge in [0.15, 0.2) is 0 Å². The molecule has 0 aromatic rings. The zero-order valence-corrected chi connectivity index (χ0v) is 6.52. The van der Waals surface area contributed by atoms with E-state index in [-0.39, 0.29) is 0 Å². The fraction of sp³-hybridized carbons (Fsp3) is 0.667. The van der Waals surface area contributed by atoms with Crippen LogP contribution in [0.1, 0.15) is 39.0 Å². The SMILES string of the molecule is CC(C=O)=C1CCCCC1. The van der Waals surface area contributed by atoms with Gasteiger partial charge in [-0.25, -0.2) is 0 Å². The Balaban J connectivity index is 2.59. The Hall–Kier alpha value is -0.590. The molecule has 56 valence electrons. The predicted molar refractivity (Wildman–Crippen MR) is 41.8 cm³/mol. The summed E-state index contributed by atoms with van der Waals surface area (Å²) in [7, 11) is 0. The summed E-state index contributed by atoms with van der Waals surface area (Å²) in [4.78, 5) is 10.3. The summed E-state index contributed by atoms with van der Waals surface area (Å²) < 4.78 is 0. The first-order valence-electron chi connectivity index (χ1n) is 3.98. The first-order chi connectivity index (χ1) is 4.84. The standard InChI is InChI=1S/C9H14O/c1-8(7-10)9-5-3-2-4-6-9/h7H,2-6H2,1H3. The van der Waals surface area contributed by atoms with Crippen LogP contribution in [-0.4, -0.2) is 6.29 Å². The van der Waals surface area contributed by atoms with Crippen molar-refractivity contribution in [3.63, 3.8) is 0 Å². The number of allylic oxidation sites excluding steroid dienone is 2. The van der Waals surface area contributed by atoms with Crippen molar-refractivity contribution in [1.82, 2.24) is 0 Å². The lowest BCUT2D eigenvalue weighted by molar-refractivity contribution is -0.104. The van der Waals surface area contributed by atoms with Gasteiger partial charge in [0, 0.05) is 0 Å². The lowest BCUT2D eigenvalue weighted by Crippen LogP contribution is -1.97. The second-order valence-electron chi connectivity index (χ2n) is 2.97. The summed E-state index contributed by atoms with van der Waals surface area (Å²) in [6.45, 7) is 1.92. The van der Waals surface area contributed by atoms with Crippen molar-refractivity contribution in [3.8, 4) is 0 Å². The highest BCUT2D eigenvalue weighted by Gasteiger charge is 2.06. The van der Waals surface area contributed by atoms with E-state index in [1.165, 1.54) is 24.8 Å². The van der Waals surface area contributed by atoms with Crippen molar-refractivity contribution < 1.29 is 4.79 Å². The second-order valence-corrected chi connectivity index (χ2v) is 2.97. The van der Waals surface area contributed by atoms with Crippen molar-refractivity contribution in [2.24, 2.45) is 0 Å². The molecule has 0 atom stereocenters. The predicted octanol–water partition coefficient (Wildman–Crippen LogP) is 2.47. The molecule has 0 aromatic carbocycles. The Morgan fingerprint density at radius 2 is 1.90 bits per heavy atom. The van der Waals surface area contributed by atoms with Crippen molar-refractivity contribution in [2.75, 3.05) is 0 Å². The monoisotopic (exact) mass is 138 g/mol. The van der Waals surface area contributed by atoms with Crippen LogP contribution in [0.15, 0.2) is 11.1 Å². The van der Waals surface area contributed by atoms with E-state index in [2.05, 4.69) is 0 Å². The van der Waals surface area contributed by atoms with Crippen molar-refractivity contribution >= 4 is 6.29 Å². The van der Waals surface area contributed by atoms with Gasteiger partial charge in [-0.2, -0.15) is 0 Å². The average molecular weight is 138 g/mol. The lowest BCUT2D eigenvalue weighted by Gasteiger charge is -2.14. The highest BCUT2D eigenvalue weighted by molar-refractivity contribution is 5.73. The molecule has 1 heteroatoms. The molecule has 1 aliphatic carbocycles. The molecule has 0 radical (unpaired) electrons. The number of hydrogen-bond donors (Lipinski definition) is 0. The molecule has 0 N–H and O–H groups in total. The zero-order chi connectivity index (χ0) is 7.40. The summed E-state index contributed by atoms with van der Waals surface area (Å²) in [6, 6.07) is 0. The van der Waals surface area contributed by atoms with E-state index in [9.17, 15) is 4.79 Å². The van der Waals surface area contributed by atoms with Crippen LogP contribution in [0, 0.1) is 0 Å². The van der Waals surface area contributed by atoms with Gasteiger partial charge in [0.1, 0.15) is 6.29 Å². The highest BCUT2D eigenvalue weighted by Crippen LogP contribution is 2.24. The quantitative estimate of drug-likeness (QED) is 0.402. The van der Waals surface area contributed by atoms with E-state index < -0.39 is 0 Å². The number of carbonyl (C=O) groups is 1. The molecule has 0 saturated heterocycles. The van der Waals surface area contributed by atoms with Gasteiger partial charge in [0.05, 0.1) is 0 Å². The molecular formula is C9H14O. The molecule has 0 heterocycles. The van der Waals surface area contributed by atoms with Crippen LogP contribution in [0.4, 0.5) is 0 Å². The van der Waals surface area contributed by atoms with Gasteiger partial charge in [-0.05, 0) is 38.2 Å². The molecule has 0 amide bonds. The molecule has 0 unspecified atom stereocenters. The van der Waals surface area contributed by atoms with Crippen LogP contribution < -0.4 is 0 Å². The molecule has 1 aliphatic rings. The minimum atomic E-state index is 0.972. The number of hydrogen-bond acceptors (Lipinski definition) is 1. The Kier molecular flexibility index (Phi) is 2.67. The first kappa shape index (κ1) is 7.52. The summed E-state index contributed by atoms with van der Waals surface area (Å²) in [5.74, 6) is 0. The summed E-state index contributed by atoms with van der Waals surface area (Å²) in [5, 5.41) is 0. The molecule has 1 saturated carbocycles. The van der Waals surface area contributed by atoms with E-state index in [1.807, 2.05) is 6.92 Å². The minimum absolute atomic E-state index is 0.972. The van der Waals surface area contributed by atoms with Crippen molar-refractivity contribution in [2.45, 2.75) is 39.0 Å². The average Bonchev–Trinajstić information content (AvgIpc) is 2.05. The van der Waals surface area contributed by atoms with Crippen LogP contribution in [0.5, 0.6) is 0 Å². The third-order valence-corrected chi connectivity index (χ3v) is 2.19. The van der Waals surface area contributed by atoms with Gasteiger partial charge >= 0.3 is 0 Å². The van der Waals surface area contributed by atoms with E-state index >= 15 is 0 Å². The molecule has 10 heavy (non-hydrogen) atoms. The maximum atomic E-state index is 10.3. The first-order valence-corrected chi connectivity index (χ1v) is 3.98. The molecule has 1 nitrogen and oxygen atoms in total. The summed E-state index contributed by atoms with van der Waals surface area (Å²) in [6.07, 6.45) is 7.20. The number of aldehydes is 1. The third-order valence-electron chi connectivity index (χ3n) is 2.19. The Labute approximate surface area is 62.1 Å². The van der Waals surface area contributed by atoms with E-state index in [0.717, 1.165) is 24.7 Å². The summed E-state index contributed by atoms with van der Waals surface area (Å²) in [5.41, 5.74) is 2.36. The van der Waals surface area contributed by atoms with Crippen LogP contribution in [0.2, 0.25) is 0 Å². The van der Waals surface area contributed by atoms with Gasteiger partial charge in [-0.15, -0.1) is 0 Å². The van der Waals surface area contributed by atoms with Crippen molar-refractivity contribution in [1.29, 1.82) is 0 Å². The van der Waals surface area contributed by atoms with Gasteiger partial charge < -0.3 is 0 Å². The molecule has 1 fully saturated rings. The van der Waals surface area contributed by atoms with Crippen LogP contribution >= 0.6 is 0 Å². The second kappa shape index (κ2) is 3.55. The summed E-state index contributed by atoms with van der Waals surface area (Å²) >= 11 is 0. The lowest BCUT2D eigenvalue weighted by atomic mass is 9.92. The Morgan fingerprint density at radius 3 is 2.40 bits per heavy atom. The van der Waals surface area contributed by atoms with Crippen LogP contribution in [-0.2, 0) is 4.79 Å². The highest BCUT2D eigenvalue weighted by atomic mass is 16.1. The van der Waals surface area contributed by atoms with Gasteiger partial charge in [0.2, 0.25) is 0 Å². The topological polar surface area (TPSA) is 17.1 Å². The molecule has 0 bridgehead atoms. The third kappa shape index (κ3) is 1.69. The molecule has 1 rings (SSSR count). The van der Waals surface area contributed by atoms with E-state index in [4.69, 9.17) is 0 Å². The Morgan fingerprint density at radius 1 is 1.30 bits per heavy atom. The van der Waals surface area contributed by atoms with Crippen molar-refractivity contribution in [3.05, 3.63) is 11.1 Å². The van der Waals surface area contributed by atoms with Gasteiger partial charge in [0.25, 0.3) is 0 Å². The molecule has 0 aliphatic heterocycles. The zero-order valence-electron chi connectivity index (χ0n) is 6.52. The number of rotatable bonds is 1. The normalized spacial score (nSPS) is 18.7. The fourth-order valence-corrected chi connectivity index (χ4v) is 1.46. The molecular weight excluding hydrogens is 124 g/mol. The smallest absolute Gasteiger partial charge is 0.145 e. The maximum Gasteiger partial charge on any atom is 0.145 e. The number of carbonyl (C=O) groups excluding carboxylic acids is 1. The van der Waals surface area contributed by atoms with Crippen LogP contribution in [0.3, 0.4) is 0 Å². The van der Waals surface area contributed by atoms with E-state index in [0.29, 0.717) is 0 Å². The molecule has 0 aromatic heterocycles. The van der Waals surface area contributed by atoms with Gasteiger partial charge in [-0.1, -0.05) is 12.0 Å². The maximum absolute atomic E-state index is 10.3. The minimum Gasteiger partial charge on any atom is -0.298 e. The van der Waals surface area contributed by atoms with Crippen LogP contribution in [0.25, 0.3) is 0 Å². The molecule has 0 spiro atoms.